The summed E-state index contributed by atoms with van der Waals surface area (Å²) in [4.78, 5) is -0.0894. The Morgan fingerprint density at radius 3 is 1.84 bits per heavy atom. The number of fused-ring (bicyclic) bond motifs is 1. The summed E-state index contributed by atoms with van der Waals surface area (Å²) in [5.41, 5.74) is 2.40. The zero-order valence-corrected chi connectivity index (χ0v) is 25.3. The molecule has 0 amide bonds. The van der Waals surface area contributed by atoms with Gasteiger partial charge in [0.2, 0.25) is 0 Å². The Kier molecular flexibility index (Phi) is 15.5. The molecule has 0 saturated carbocycles. The van der Waals surface area contributed by atoms with Crippen LogP contribution < -0.4 is 5.32 Å². The minimum Gasteiger partial charge on any atom is -0.744 e. The third-order valence-electron chi connectivity index (χ3n) is 7.31. The van der Waals surface area contributed by atoms with Crippen LogP contribution in [0.25, 0.3) is 10.8 Å². The number of nitrogens with two attached hydrogens (primary N) is 1. The van der Waals surface area contributed by atoms with Crippen LogP contribution in [-0.2, 0) is 27.7 Å². The molecule has 0 aliphatic carbocycles. The Morgan fingerprint density at radius 1 is 0.763 bits per heavy atom. The molecule has 0 unspecified atom stereocenters. The molecule has 38 heavy (non-hydrogen) atoms. The number of quaternary nitrogens is 1. The second kappa shape index (κ2) is 18.0. The maximum absolute atomic E-state index is 11.8. The van der Waals surface area contributed by atoms with Crippen LogP contribution in [0.4, 0.5) is 0 Å². The van der Waals surface area contributed by atoms with Crippen molar-refractivity contribution in [3.63, 3.8) is 0 Å². The van der Waals surface area contributed by atoms with Crippen LogP contribution in [0.5, 0.6) is 0 Å². The van der Waals surface area contributed by atoms with E-state index in [1.54, 1.807) is 0 Å². The molecule has 2 aromatic carbocycles. The van der Waals surface area contributed by atoms with Crippen LogP contribution in [0.2, 0.25) is 0 Å². The number of aryl methyl sites for hydroxylation is 2. The normalized spacial score (nSPS) is 14.2. The van der Waals surface area contributed by atoms with Crippen LogP contribution in [0.15, 0.2) is 35.2 Å². The fraction of sp³-hybridized carbons (Fsp3) is 0.688. The quantitative estimate of drug-likeness (QED) is 0.201. The zero-order chi connectivity index (χ0) is 27.8. The van der Waals surface area contributed by atoms with Crippen molar-refractivity contribution in [3.8, 4) is 0 Å². The van der Waals surface area contributed by atoms with Gasteiger partial charge in [-0.2, -0.15) is 0 Å². The maximum Gasteiger partial charge on any atom is 0.125 e. The molecular weight excluding hydrogens is 494 g/mol. The van der Waals surface area contributed by atoms with Crippen LogP contribution in [0.3, 0.4) is 0 Å². The highest BCUT2D eigenvalue weighted by atomic mass is 32.2. The van der Waals surface area contributed by atoms with Crippen molar-refractivity contribution in [2.24, 2.45) is 11.8 Å². The van der Waals surface area contributed by atoms with E-state index in [2.05, 4.69) is 39.1 Å². The fourth-order valence-electron chi connectivity index (χ4n) is 5.06. The lowest BCUT2D eigenvalue weighted by atomic mass is 9.95. The van der Waals surface area contributed by atoms with Crippen LogP contribution >= 0.6 is 0 Å². The molecule has 1 fully saturated rings. The molecule has 0 radical (unpaired) electrons. The summed E-state index contributed by atoms with van der Waals surface area (Å²) >= 11 is 0. The highest BCUT2D eigenvalue weighted by Crippen LogP contribution is 2.29. The van der Waals surface area contributed by atoms with E-state index < -0.39 is 10.1 Å². The predicted octanol–water partition coefficient (Wildman–Crippen LogP) is 6.62. The predicted molar refractivity (Wildman–Crippen MR) is 158 cm³/mol. The summed E-state index contributed by atoms with van der Waals surface area (Å²) in [6.45, 7) is 13.3. The minimum atomic E-state index is -4.48. The molecule has 1 heterocycles. The second-order valence-corrected chi connectivity index (χ2v) is 13.1. The van der Waals surface area contributed by atoms with Gasteiger partial charge in [0.1, 0.15) is 10.1 Å². The molecule has 0 atom stereocenters. The van der Waals surface area contributed by atoms with Crippen molar-refractivity contribution in [3.05, 3.63) is 41.5 Å². The average molecular weight is 548 g/mol. The summed E-state index contributed by atoms with van der Waals surface area (Å²) in [5.74, 6) is 1.53. The van der Waals surface area contributed by atoms with Gasteiger partial charge in [-0.25, -0.2) is 8.42 Å². The van der Waals surface area contributed by atoms with E-state index >= 15 is 0 Å². The molecular formula is C32H53NO4S. The van der Waals surface area contributed by atoms with Crippen molar-refractivity contribution in [1.82, 2.24) is 0 Å². The standard InChI is InChI=1S/C28H44O3S.C4H9NO/c1-22(2)13-9-5-7-11-15-24-17-19-26-27(21-24)25(18-20-28(26)32(29,30)31)16-12-8-6-10-14-23(3)4;1-3-6-4-2-5-1/h17-23H,5-16H2,1-4H3,(H,29,30,31);5H,1-4H2. The van der Waals surface area contributed by atoms with Gasteiger partial charge in [-0.1, -0.05) is 103 Å². The Bertz CT molecular complexity index is 1020. The van der Waals surface area contributed by atoms with Gasteiger partial charge in [0, 0.05) is 0 Å². The molecule has 216 valence electrons. The number of hydrogen-bond acceptors (Lipinski definition) is 4. The van der Waals surface area contributed by atoms with Crippen molar-refractivity contribution < 1.29 is 23.0 Å². The zero-order valence-electron chi connectivity index (χ0n) is 24.5. The first-order valence-corrected chi connectivity index (χ1v) is 16.5. The lowest BCUT2D eigenvalue weighted by Crippen LogP contribution is -2.87. The molecule has 1 aliphatic rings. The first kappa shape index (κ1) is 32.7. The van der Waals surface area contributed by atoms with E-state index in [9.17, 15) is 13.0 Å². The highest BCUT2D eigenvalue weighted by molar-refractivity contribution is 7.86. The van der Waals surface area contributed by atoms with E-state index in [1.165, 1.54) is 63.0 Å². The first-order chi connectivity index (χ1) is 18.2. The van der Waals surface area contributed by atoms with Gasteiger partial charge in [-0.3, -0.25) is 0 Å². The minimum absolute atomic E-state index is 0.0894. The number of unbranched alkanes of at least 4 members (excludes halogenated alkanes) is 6. The fourth-order valence-corrected chi connectivity index (χ4v) is 5.74. The van der Waals surface area contributed by atoms with Gasteiger partial charge in [0.25, 0.3) is 0 Å². The van der Waals surface area contributed by atoms with E-state index in [0.717, 1.165) is 74.8 Å². The summed E-state index contributed by atoms with van der Waals surface area (Å²) in [5, 5.41) is 3.79. The van der Waals surface area contributed by atoms with Crippen molar-refractivity contribution in [2.75, 3.05) is 26.3 Å². The SMILES string of the molecule is C1COCC[NH2+]1.CC(C)CCCCCCc1ccc2c(S(=O)(=O)[O-])ccc(CCCCCCC(C)C)c2c1. The van der Waals surface area contributed by atoms with Crippen molar-refractivity contribution in [2.45, 2.75) is 110 Å². The molecule has 6 heteroatoms. The summed E-state index contributed by atoms with van der Waals surface area (Å²) in [7, 11) is -4.48. The molecule has 0 spiro atoms. The van der Waals surface area contributed by atoms with E-state index in [4.69, 9.17) is 4.74 Å². The molecule has 0 bridgehead atoms. The number of hydrogen-bond donors (Lipinski definition) is 1. The van der Waals surface area contributed by atoms with Gasteiger partial charge >= 0.3 is 0 Å². The number of rotatable bonds is 15. The van der Waals surface area contributed by atoms with Gasteiger partial charge in [0.05, 0.1) is 31.2 Å². The van der Waals surface area contributed by atoms with Crippen LogP contribution in [0.1, 0.15) is 103 Å². The van der Waals surface area contributed by atoms with Gasteiger partial charge in [0.15, 0.2) is 0 Å². The smallest absolute Gasteiger partial charge is 0.125 e. The first-order valence-electron chi connectivity index (χ1n) is 15.1. The average Bonchev–Trinajstić information content (AvgIpc) is 2.88. The summed E-state index contributed by atoms with van der Waals surface area (Å²) in [6, 6.07) is 9.34. The third kappa shape index (κ3) is 13.1. The number of benzene rings is 2. The van der Waals surface area contributed by atoms with E-state index in [1.807, 2.05) is 18.2 Å². The summed E-state index contributed by atoms with van der Waals surface area (Å²) < 4.78 is 40.4. The van der Waals surface area contributed by atoms with Crippen molar-refractivity contribution in [1.29, 1.82) is 0 Å². The molecule has 2 N–H and O–H groups in total. The second-order valence-electron chi connectivity index (χ2n) is 11.7. The van der Waals surface area contributed by atoms with Crippen LogP contribution in [-0.4, -0.2) is 39.3 Å². The Balaban J connectivity index is 0.000000739. The molecule has 1 saturated heterocycles. The highest BCUT2D eigenvalue weighted by Gasteiger charge is 2.12. The Morgan fingerprint density at radius 2 is 1.34 bits per heavy atom. The lowest BCUT2D eigenvalue weighted by molar-refractivity contribution is -0.670. The van der Waals surface area contributed by atoms with Gasteiger partial charge in [-0.15, -0.1) is 0 Å². The molecule has 5 nitrogen and oxygen atoms in total. The topological polar surface area (TPSA) is 83.0 Å². The van der Waals surface area contributed by atoms with Gasteiger partial charge < -0.3 is 14.6 Å². The van der Waals surface area contributed by atoms with Crippen molar-refractivity contribution >= 4 is 20.9 Å². The molecule has 0 aromatic heterocycles. The molecule has 3 rings (SSSR count). The maximum atomic E-state index is 11.8. The Labute approximate surface area is 232 Å². The largest absolute Gasteiger partial charge is 0.744 e. The van der Waals surface area contributed by atoms with Crippen LogP contribution in [0, 0.1) is 11.8 Å². The number of ether oxygens (including phenoxy) is 1. The number of morpholine rings is 1. The van der Waals surface area contributed by atoms with E-state index in [-0.39, 0.29) is 4.90 Å². The monoisotopic (exact) mass is 547 g/mol. The molecule has 1 aliphatic heterocycles. The van der Waals surface area contributed by atoms with Gasteiger partial charge in [-0.05, 0) is 65.5 Å². The summed E-state index contributed by atoms with van der Waals surface area (Å²) in [6.07, 6.45) is 14.2. The van der Waals surface area contributed by atoms with E-state index in [0.29, 0.717) is 5.39 Å². The third-order valence-corrected chi connectivity index (χ3v) is 8.20. The molecule has 2 aromatic rings. The lowest BCUT2D eigenvalue weighted by Gasteiger charge is -2.15. The Hall–Kier alpha value is -1.47.